The second-order valence-corrected chi connectivity index (χ2v) is 6.96. The number of nitro groups is 1. The van der Waals surface area contributed by atoms with Gasteiger partial charge in [0.05, 0.1) is 4.92 Å². The highest BCUT2D eigenvalue weighted by molar-refractivity contribution is 7.13. The van der Waals surface area contributed by atoms with Gasteiger partial charge in [0.2, 0.25) is 11.6 Å². The molecule has 1 fully saturated rings. The highest BCUT2D eigenvalue weighted by Gasteiger charge is 2.29. The maximum Gasteiger partial charge on any atom is 0.353 e. The first-order valence-electron chi connectivity index (χ1n) is 8.53. The Hall–Kier alpha value is -3.34. The zero-order valence-electron chi connectivity index (χ0n) is 14.7. The summed E-state index contributed by atoms with van der Waals surface area (Å²) in [6, 6.07) is 6.31. The largest absolute Gasteiger partial charge is 0.368 e. The van der Waals surface area contributed by atoms with Gasteiger partial charge in [0.15, 0.2) is 5.13 Å². The lowest BCUT2D eigenvalue weighted by Crippen LogP contribution is -2.47. The van der Waals surface area contributed by atoms with Crippen LogP contribution in [-0.2, 0) is 0 Å². The van der Waals surface area contributed by atoms with E-state index in [2.05, 4.69) is 25.2 Å². The summed E-state index contributed by atoms with van der Waals surface area (Å²) in [4.78, 5) is 27.5. The number of thiazole rings is 1. The van der Waals surface area contributed by atoms with E-state index in [1.54, 1.807) is 23.7 Å². The van der Waals surface area contributed by atoms with Gasteiger partial charge in [-0.25, -0.2) is 19.3 Å². The Balaban J connectivity index is 1.54. The van der Waals surface area contributed by atoms with Gasteiger partial charge in [-0.15, -0.1) is 11.3 Å². The monoisotopic (exact) mass is 401 g/mol. The maximum absolute atomic E-state index is 13.1. The zero-order valence-corrected chi connectivity index (χ0v) is 15.5. The molecule has 0 unspecified atom stereocenters. The number of anilines is 4. The van der Waals surface area contributed by atoms with Crippen molar-refractivity contribution in [2.24, 2.45) is 0 Å². The van der Waals surface area contributed by atoms with Crippen LogP contribution in [0.25, 0.3) is 0 Å². The number of aromatic nitrogens is 3. The van der Waals surface area contributed by atoms with Gasteiger partial charge in [0.25, 0.3) is 0 Å². The molecule has 0 bridgehead atoms. The number of rotatable bonds is 5. The molecule has 28 heavy (non-hydrogen) atoms. The van der Waals surface area contributed by atoms with Gasteiger partial charge < -0.3 is 15.1 Å². The van der Waals surface area contributed by atoms with Gasteiger partial charge in [-0.05, 0) is 24.3 Å². The Labute approximate surface area is 163 Å². The van der Waals surface area contributed by atoms with E-state index >= 15 is 0 Å². The standard InChI is InChI=1S/C17H16FN7O2S/c18-12-1-3-13(4-2-12)23-6-8-24(9-7-23)16-14(25(26)27)15(20-11-21-16)22-17-19-5-10-28-17/h1-5,10-11H,6-9H2,(H,19,20,21,22). The second-order valence-electron chi connectivity index (χ2n) is 6.06. The predicted molar refractivity (Wildman–Crippen MR) is 105 cm³/mol. The molecule has 2 aromatic heterocycles. The molecule has 1 aromatic carbocycles. The van der Waals surface area contributed by atoms with Crippen molar-refractivity contribution in [3.05, 3.63) is 58.1 Å². The highest BCUT2D eigenvalue weighted by atomic mass is 32.1. The summed E-state index contributed by atoms with van der Waals surface area (Å²) in [6.07, 6.45) is 2.92. The molecule has 1 saturated heterocycles. The smallest absolute Gasteiger partial charge is 0.353 e. The molecule has 0 amide bonds. The van der Waals surface area contributed by atoms with Gasteiger partial charge >= 0.3 is 5.69 Å². The van der Waals surface area contributed by atoms with Crippen LogP contribution in [0, 0.1) is 15.9 Å². The highest BCUT2D eigenvalue weighted by Crippen LogP contribution is 2.34. The van der Waals surface area contributed by atoms with Crippen molar-refractivity contribution in [2.75, 3.05) is 41.3 Å². The Morgan fingerprint density at radius 3 is 2.43 bits per heavy atom. The fourth-order valence-electron chi connectivity index (χ4n) is 3.08. The van der Waals surface area contributed by atoms with Crippen LogP contribution in [0.4, 0.5) is 32.5 Å². The third-order valence-electron chi connectivity index (χ3n) is 4.41. The van der Waals surface area contributed by atoms with Crippen molar-refractivity contribution < 1.29 is 9.31 Å². The topological polar surface area (TPSA) is 100 Å². The molecule has 0 atom stereocenters. The molecule has 3 heterocycles. The van der Waals surface area contributed by atoms with Crippen LogP contribution in [0.15, 0.2) is 42.2 Å². The SMILES string of the molecule is O=[N+]([O-])c1c(Nc2nccs2)ncnc1N1CCN(c2ccc(F)cc2)CC1. The molecule has 3 aromatic rings. The van der Waals surface area contributed by atoms with E-state index in [0.717, 1.165) is 5.69 Å². The average molecular weight is 401 g/mol. The molecule has 4 rings (SSSR count). The van der Waals surface area contributed by atoms with Crippen molar-refractivity contribution in [3.8, 4) is 0 Å². The number of nitrogens with zero attached hydrogens (tertiary/aromatic N) is 6. The summed E-state index contributed by atoms with van der Waals surface area (Å²) >= 11 is 1.33. The Bertz CT molecular complexity index is 960. The number of halogens is 1. The van der Waals surface area contributed by atoms with E-state index < -0.39 is 4.92 Å². The van der Waals surface area contributed by atoms with E-state index in [9.17, 15) is 14.5 Å². The summed E-state index contributed by atoms with van der Waals surface area (Å²) in [5.74, 6) is 0.114. The molecular weight excluding hydrogens is 385 g/mol. The molecule has 9 nitrogen and oxygen atoms in total. The maximum atomic E-state index is 13.1. The number of hydrogen-bond acceptors (Lipinski definition) is 9. The summed E-state index contributed by atoms with van der Waals surface area (Å²) in [7, 11) is 0. The van der Waals surface area contributed by atoms with E-state index in [4.69, 9.17) is 0 Å². The van der Waals surface area contributed by atoms with Crippen LogP contribution in [0.3, 0.4) is 0 Å². The van der Waals surface area contributed by atoms with Gasteiger partial charge in [-0.2, -0.15) is 0 Å². The number of piperazine rings is 1. The molecular formula is C17H16FN7O2S. The lowest BCUT2D eigenvalue weighted by molar-refractivity contribution is -0.383. The van der Waals surface area contributed by atoms with E-state index in [0.29, 0.717) is 31.3 Å². The van der Waals surface area contributed by atoms with Crippen LogP contribution in [0.2, 0.25) is 0 Å². The Kier molecular flexibility index (Phi) is 4.98. The van der Waals surface area contributed by atoms with Gasteiger partial charge in [0, 0.05) is 43.4 Å². The fourth-order valence-corrected chi connectivity index (χ4v) is 3.60. The van der Waals surface area contributed by atoms with Gasteiger partial charge in [-0.3, -0.25) is 10.1 Å². The minimum Gasteiger partial charge on any atom is -0.368 e. The Morgan fingerprint density at radius 2 is 1.79 bits per heavy atom. The third-order valence-corrected chi connectivity index (χ3v) is 5.10. The van der Waals surface area contributed by atoms with Crippen molar-refractivity contribution in [1.82, 2.24) is 15.0 Å². The summed E-state index contributed by atoms with van der Waals surface area (Å²) in [5.41, 5.74) is 0.747. The minimum atomic E-state index is -0.475. The molecule has 0 radical (unpaired) electrons. The average Bonchev–Trinajstić information content (AvgIpc) is 3.21. The van der Waals surface area contributed by atoms with E-state index in [1.165, 1.54) is 29.8 Å². The molecule has 11 heteroatoms. The van der Waals surface area contributed by atoms with E-state index in [1.807, 2.05) is 4.90 Å². The van der Waals surface area contributed by atoms with Crippen molar-refractivity contribution >= 4 is 39.5 Å². The quantitative estimate of drug-likeness (QED) is 0.514. The van der Waals surface area contributed by atoms with E-state index in [-0.39, 0.29) is 23.1 Å². The zero-order chi connectivity index (χ0) is 19.5. The lowest BCUT2D eigenvalue weighted by Gasteiger charge is -2.36. The van der Waals surface area contributed by atoms with Crippen LogP contribution in [0.5, 0.6) is 0 Å². The number of hydrogen-bond donors (Lipinski definition) is 1. The number of benzene rings is 1. The molecule has 0 spiro atoms. The molecule has 1 aliphatic rings. The molecule has 144 valence electrons. The second kappa shape index (κ2) is 7.72. The first kappa shape index (κ1) is 18.0. The third kappa shape index (κ3) is 3.69. The van der Waals surface area contributed by atoms with Gasteiger partial charge in [-0.1, -0.05) is 0 Å². The summed E-state index contributed by atoms with van der Waals surface area (Å²) < 4.78 is 13.1. The molecule has 1 aliphatic heterocycles. The summed E-state index contributed by atoms with van der Waals surface area (Å²) in [5, 5.41) is 16.9. The van der Waals surface area contributed by atoms with Crippen molar-refractivity contribution in [1.29, 1.82) is 0 Å². The first-order valence-corrected chi connectivity index (χ1v) is 9.41. The van der Waals surface area contributed by atoms with Crippen molar-refractivity contribution in [2.45, 2.75) is 0 Å². The lowest BCUT2D eigenvalue weighted by atomic mass is 10.2. The van der Waals surface area contributed by atoms with Crippen LogP contribution >= 0.6 is 11.3 Å². The molecule has 1 N–H and O–H groups in total. The van der Waals surface area contributed by atoms with Gasteiger partial charge in [0.1, 0.15) is 12.1 Å². The molecule has 0 aliphatic carbocycles. The Morgan fingerprint density at radius 1 is 1.07 bits per heavy atom. The van der Waals surface area contributed by atoms with Crippen LogP contribution < -0.4 is 15.1 Å². The predicted octanol–water partition coefficient (Wildman–Crippen LogP) is 3.05. The minimum absolute atomic E-state index is 0.117. The summed E-state index contributed by atoms with van der Waals surface area (Å²) in [6.45, 7) is 2.38. The molecule has 0 saturated carbocycles. The fraction of sp³-hybridized carbons (Fsp3) is 0.235. The van der Waals surface area contributed by atoms with Crippen LogP contribution in [-0.4, -0.2) is 46.1 Å². The van der Waals surface area contributed by atoms with Crippen molar-refractivity contribution in [3.63, 3.8) is 0 Å². The normalized spacial score (nSPS) is 14.2. The number of nitrogens with one attached hydrogen (secondary N) is 1. The van der Waals surface area contributed by atoms with Crippen LogP contribution in [0.1, 0.15) is 0 Å². The first-order chi connectivity index (χ1) is 13.6.